The fourth-order valence-corrected chi connectivity index (χ4v) is 2.61. The number of hydrogen-bond donors (Lipinski definition) is 0. The van der Waals surface area contributed by atoms with E-state index >= 15 is 0 Å². The summed E-state index contributed by atoms with van der Waals surface area (Å²) in [6.45, 7) is 2.00. The Morgan fingerprint density at radius 2 is 1.89 bits per heavy atom. The Balaban J connectivity index is 2.05. The molecule has 1 aliphatic carbocycles. The molecule has 0 atom stereocenters. The van der Waals surface area contributed by atoms with E-state index < -0.39 is 0 Å². The number of carbonyl (C=O) groups excluding carboxylic acids is 1. The Morgan fingerprint density at radius 1 is 1.05 bits per heavy atom. The van der Waals surface area contributed by atoms with Crippen molar-refractivity contribution in [3.8, 4) is 0 Å². The molecule has 0 spiro atoms. The zero-order chi connectivity index (χ0) is 13.2. The van der Waals surface area contributed by atoms with Crippen LogP contribution in [-0.2, 0) is 4.79 Å². The standard InChI is InChI=1S/C17H17NO/c1-12-6-7-15-10-14(8-9-17(15)18-12)13-4-2-3-5-16(19)11-13/h6-11H,2-5H2,1H3. The van der Waals surface area contributed by atoms with Crippen molar-refractivity contribution in [2.45, 2.75) is 32.6 Å². The minimum absolute atomic E-state index is 0.259. The number of pyridine rings is 1. The third-order valence-corrected chi connectivity index (χ3v) is 3.65. The molecule has 0 fully saturated rings. The summed E-state index contributed by atoms with van der Waals surface area (Å²) >= 11 is 0. The van der Waals surface area contributed by atoms with Gasteiger partial charge in [0.05, 0.1) is 5.52 Å². The highest BCUT2D eigenvalue weighted by Crippen LogP contribution is 2.27. The van der Waals surface area contributed by atoms with Crippen molar-refractivity contribution >= 4 is 22.3 Å². The molecule has 3 rings (SSSR count). The number of aryl methyl sites for hydroxylation is 1. The molecule has 2 heteroatoms. The van der Waals surface area contributed by atoms with Crippen molar-refractivity contribution in [3.05, 3.63) is 47.7 Å². The first-order chi connectivity index (χ1) is 9.22. The van der Waals surface area contributed by atoms with E-state index in [1.54, 1.807) is 0 Å². The number of fused-ring (bicyclic) bond motifs is 1. The summed E-state index contributed by atoms with van der Waals surface area (Å²) in [5.41, 5.74) is 4.38. The van der Waals surface area contributed by atoms with Gasteiger partial charge >= 0.3 is 0 Å². The summed E-state index contributed by atoms with van der Waals surface area (Å²) < 4.78 is 0. The maximum Gasteiger partial charge on any atom is 0.155 e. The van der Waals surface area contributed by atoms with Crippen LogP contribution in [0.3, 0.4) is 0 Å². The predicted molar refractivity (Wildman–Crippen MR) is 77.9 cm³/mol. The molecule has 0 aliphatic heterocycles. The van der Waals surface area contributed by atoms with Crippen LogP contribution in [0.25, 0.3) is 16.5 Å². The van der Waals surface area contributed by atoms with Crippen LogP contribution < -0.4 is 0 Å². The van der Waals surface area contributed by atoms with Crippen molar-refractivity contribution in [3.63, 3.8) is 0 Å². The van der Waals surface area contributed by atoms with Crippen LogP contribution in [0, 0.1) is 6.92 Å². The molecule has 2 nitrogen and oxygen atoms in total. The van der Waals surface area contributed by atoms with Gasteiger partial charge in [0.15, 0.2) is 5.78 Å². The molecule has 1 aromatic carbocycles. The molecular weight excluding hydrogens is 234 g/mol. The first-order valence-corrected chi connectivity index (χ1v) is 6.83. The lowest BCUT2D eigenvalue weighted by atomic mass is 9.99. The molecule has 0 amide bonds. The van der Waals surface area contributed by atoms with Crippen molar-refractivity contribution in [1.82, 2.24) is 4.98 Å². The Morgan fingerprint density at radius 3 is 2.79 bits per heavy atom. The van der Waals surface area contributed by atoms with Crippen molar-refractivity contribution in [2.24, 2.45) is 0 Å². The summed E-state index contributed by atoms with van der Waals surface area (Å²) in [7, 11) is 0. The van der Waals surface area contributed by atoms with Crippen molar-refractivity contribution < 1.29 is 4.79 Å². The summed E-state index contributed by atoms with van der Waals surface area (Å²) in [5, 5.41) is 1.14. The quantitative estimate of drug-likeness (QED) is 0.764. The molecule has 0 saturated heterocycles. The molecule has 0 N–H and O–H groups in total. The Labute approximate surface area is 113 Å². The van der Waals surface area contributed by atoms with Crippen molar-refractivity contribution in [1.29, 1.82) is 0 Å². The summed E-state index contributed by atoms with van der Waals surface area (Å²) in [6, 6.07) is 10.4. The van der Waals surface area contributed by atoms with E-state index in [-0.39, 0.29) is 5.78 Å². The number of aromatic nitrogens is 1. The summed E-state index contributed by atoms with van der Waals surface area (Å²) in [5.74, 6) is 0.259. The highest BCUT2D eigenvalue weighted by atomic mass is 16.1. The second kappa shape index (κ2) is 4.96. The van der Waals surface area contributed by atoms with Crippen LogP contribution in [0.4, 0.5) is 0 Å². The molecule has 96 valence electrons. The number of nitrogens with zero attached hydrogens (tertiary/aromatic N) is 1. The zero-order valence-electron chi connectivity index (χ0n) is 11.1. The molecule has 0 bridgehead atoms. The maximum absolute atomic E-state index is 11.7. The molecule has 2 aromatic rings. The Hall–Kier alpha value is -1.96. The van der Waals surface area contributed by atoms with Crippen molar-refractivity contribution in [2.75, 3.05) is 0 Å². The molecule has 0 radical (unpaired) electrons. The average Bonchev–Trinajstić information content (AvgIpc) is 2.63. The lowest BCUT2D eigenvalue weighted by Crippen LogP contribution is -1.91. The van der Waals surface area contributed by atoms with E-state index in [1.807, 2.05) is 25.1 Å². The first kappa shape index (κ1) is 12.1. The second-order valence-electron chi connectivity index (χ2n) is 5.20. The Bertz CT molecular complexity index is 670. The van der Waals surface area contributed by atoms with E-state index in [0.717, 1.165) is 41.4 Å². The first-order valence-electron chi connectivity index (χ1n) is 6.83. The van der Waals surface area contributed by atoms with Crippen LogP contribution >= 0.6 is 0 Å². The largest absolute Gasteiger partial charge is 0.295 e. The average molecular weight is 251 g/mol. The van der Waals surface area contributed by atoms with Crippen LogP contribution in [-0.4, -0.2) is 10.8 Å². The molecule has 0 unspecified atom stereocenters. The van der Waals surface area contributed by atoms with Gasteiger partial charge in [-0.05, 0) is 61.6 Å². The number of carbonyl (C=O) groups is 1. The molecular formula is C17H17NO. The van der Waals surface area contributed by atoms with Crippen LogP contribution in [0.15, 0.2) is 36.4 Å². The van der Waals surface area contributed by atoms with Crippen LogP contribution in [0.2, 0.25) is 0 Å². The SMILES string of the molecule is Cc1ccc2cc(C3=CC(=O)CCCC3)ccc2n1. The smallest absolute Gasteiger partial charge is 0.155 e. The topological polar surface area (TPSA) is 30.0 Å². The maximum atomic E-state index is 11.7. The molecule has 19 heavy (non-hydrogen) atoms. The van der Waals surface area contributed by atoms with Gasteiger partial charge < -0.3 is 0 Å². The van der Waals surface area contributed by atoms with Gasteiger partial charge in [0, 0.05) is 17.5 Å². The number of benzene rings is 1. The number of allylic oxidation sites excluding steroid dienone is 2. The van der Waals surface area contributed by atoms with E-state index in [9.17, 15) is 4.79 Å². The third kappa shape index (κ3) is 2.58. The lowest BCUT2D eigenvalue weighted by Gasteiger charge is -2.07. The van der Waals surface area contributed by atoms with Gasteiger partial charge in [-0.15, -0.1) is 0 Å². The monoisotopic (exact) mass is 251 g/mol. The van der Waals surface area contributed by atoms with Gasteiger partial charge in [-0.2, -0.15) is 0 Å². The third-order valence-electron chi connectivity index (χ3n) is 3.65. The van der Waals surface area contributed by atoms with Gasteiger partial charge in [-0.3, -0.25) is 9.78 Å². The highest BCUT2D eigenvalue weighted by molar-refractivity contribution is 5.98. The molecule has 1 aliphatic rings. The van der Waals surface area contributed by atoms with Gasteiger partial charge in [0.1, 0.15) is 0 Å². The summed E-state index contributed by atoms with van der Waals surface area (Å²) in [4.78, 5) is 16.2. The zero-order valence-corrected chi connectivity index (χ0v) is 11.1. The normalized spacial score (nSPS) is 16.3. The fraction of sp³-hybridized carbons (Fsp3) is 0.294. The number of hydrogen-bond acceptors (Lipinski definition) is 2. The van der Waals surface area contributed by atoms with Crippen LogP contribution in [0.1, 0.15) is 36.9 Å². The van der Waals surface area contributed by atoms with E-state index in [4.69, 9.17) is 0 Å². The minimum Gasteiger partial charge on any atom is -0.295 e. The Kier molecular flexibility index (Phi) is 3.16. The van der Waals surface area contributed by atoms with Gasteiger partial charge in [0.2, 0.25) is 0 Å². The molecule has 0 saturated carbocycles. The lowest BCUT2D eigenvalue weighted by molar-refractivity contribution is -0.114. The van der Waals surface area contributed by atoms with E-state index in [1.165, 1.54) is 5.57 Å². The second-order valence-corrected chi connectivity index (χ2v) is 5.20. The highest BCUT2D eigenvalue weighted by Gasteiger charge is 2.10. The van der Waals surface area contributed by atoms with E-state index in [2.05, 4.69) is 23.2 Å². The fourth-order valence-electron chi connectivity index (χ4n) is 2.61. The molecule has 1 heterocycles. The van der Waals surface area contributed by atoms with Gasteiger partial charge in [-0.1, -0.05) is 12.1 Å². The van der Waals surface area contributed by atoms with Gasteiger partial charge in [-0.25, -0.2) is 0 Å². The van der Waals surface area contributed by atoms with Crippen LogP contribution in [0.5, 0.6) is 0 Å². The summed E-state index contributed by atoms with van der Waals surface area (Å²) in [6.07, 6.45) is 5.62. The number of ketones is 1. The molecule has 1 aromatic heterocycles. The van der Waals surface area contributed by atoms with E-state index in [0.29, 0.717) is 6.42 Å². The van der Waals surface area contributed by atoms with Gasteiger partial charge in [0.25, 0.3) is 0 Å². The number of rotatable bonds is 1. The predicted octanol–water partition coefficient (Wildman–Crippen LogP) is 4.07. The minimum atomic E-state index is 0.259.